The second-order valence-corrected chi connectivity index (χ2v) is 7.60. The maximum atomic E-state index is 4.62. The number of nitrogens with zero attached hydrogens (tertiary/aromatic N) is 5. The Morgan fingerprint density at radius 3 is 2.78 bits per heavy atom. The van der Waals surface area contributed by atoms with E-state index < -0.39 is 0 Å². The Morgan fingerprint density at radius 2 is 1.96 bits per heavy atom. The second kappa shape index (κ2) is 7.27. The van der Waals surface area contributed by atoms with Gasteiger partial charge in [0.1, 0.15) is 11.6 Å². The summed E-state index contributed by atoms with van der Waals surface area (Å²) in [7, 11) is 1.93. The van der Waals surface area contributed by atoms with Crippen LogP contribution in [-0.4, -0.2) is 50.8 Å². The van der Waals surface area contributed by atoms with E-state index in [1.807, 2.05) is 25.6 Å². The van der Waals surface area contributed by atoms with Crippen molar-refractivity contribution in [3.8, 4) is 0 Å². The van der Waals surface area contributed by atoms with Crippen molar-refractivity contribution in [3.63, 3.8) is 0 Å². The molecule has 0 bridgehead atoms. The average Bonchev–Trinajstić information content (AvgIpc) is 3.20. The molecule has 1 unspecified atom stereocenters. The average molecular weight is 364 g/mol. The number of hydrogen-bond donors (Lipinski definition) is 1. The van der Waals surface area contributed by atoms with Crippen LogP contribution in [0.15, 0.2) is 24.3 Å². The molecule has 1 aromatic carbocycles. The fraction of sp³-hybridized carbons (Fsp3) is 0.476. The summed E-state index contributed by atoms with van der Waals surface area (Å²) in [6.45, 7) is 10.4. The monoisotopic (exact) mass is 364 g/mol. The molecule has 4 rings (SSSR count). The zero-order chi connectivity index (χ0) is 19.0. The summed E-state index contributed by atoms with van der Waals surface area (Å²) in [4.78, 5) is 11.7. The number of anilines is 1. The molecule has 0 amide bonds. The fourth-order valence-electron chi connectivity index (χ4n) is 4.24. The van der Waals surface area contributed by atoms with Crippen molar-refractivity contribution in [2.24, 2.45) is 7.05 Å². The lowest BCUT2D eigenvalue weighted by Crippen LogP contribution is -2.27. The van der Waals surface area contributed by atoms with E-state index in [4.69, 9.17) is 0 Å². The van der Waals surface area contributed by atoms with Gasteiger partial charge in [-0.3, -0.25) is 4.68 Å². The van der Waals surface area contributed by atoms with Crippen LogP contribution in [0, 0.1) is 20.8 Å². The highest BCUT2D eigenvalue weighted by atomic mass is 15.3. The number of fused-ring (bicyclic) bond motifs is 1. The minimum Gasteiger partial charge on any atom is -0.368 e. The molecule has 3 aromatic rings. The first-order chi connectivity index (χ1) is 13.0. The molecular weight excluding hydrogens is 336 g/mol. The number of likely N-dealkylation sites (tertiary alicyclic amines) is 1. The van der Waals surface area contributed by atoms with Gasteiger partial charge in [0.05, 0.1) is 11.1 Å². The summed E-state index contributed by atoms with van der Waals surface area (Å²) >= 11 is 0. The summed E-state index contributed by atoms with van der Waals surface area (Å²) in [6.07, 6.45) is 1.24. The zero-order valence-electron chi connectivity index (χ0n) is 16.7. The third kappa shape index (κ3) is 3.54. The Balaban J connectivity index is 1.40. The summed E-state index contributed by atoms with van der Waals surface area (Å²) in [5.41, 5.74) is 4.78. The third-order valence-electron chi connectivity index (χ3n) is 5.59. The molecule has 0 radical (unpaired) electrons. The Hall–Kier alpha value is -2.47. The smallest absolute Gasteiger partial charge is 0.163 e. The van der Waals surface area contributed by atoms with Gasteiger partial charge in [0.25, 0.3) is 0 Å². The van der Waals surface area contributed by atoms with Crippen LogP contribution >= 0.6 is 0 Å². The van der Waals surface area contributed by atoms with E-state index in [0.29, 0.717) is 5.92 Å². The van der Waals surface area contributed by atoms with Crippen LogP contribution in [0.5, 0.6) is 0 Å². The maximum Gasteiger partial charge on any atom is 0.163 e. The zero-order valence-corrected chi connectivity index (χ0v) is 16.7. The van der Waals surface area contributed by atoms with E-state index in [2.05, 4.69) is 56.5 Å². The molecule has 0 saturated carbocycles. The predicted molar refractivity (Wildman–Crippen MR) is 109 cm³/mol. The molecule has 1 fully saturated rings. The highest BCUT2D eigenvalue weighted by Gasteiger charge is 2.24. The van der Waals surface area contributed by atoms with E-state index in [0.717, 1.165) is 54.5 Å². The minimum atomic E-state index is 0.653. The van der Waals surface area contributed by atoms with Crippen molar-refractivity contribution in [1.29, 1.82) is 0 Å². The van der Waals surface area contributed by atoms with E-state index in [9.17, 15) is 0 Å². The maximum absolute atomic E-state index is 4.62. The number of nitrogens with one attached hydrogen (secondary N) is 1. The topological polar surface area (TPSA) is 58.9 Å². The molecular formula is C21H28N6. The van der Waals surface area contributed by atoms with Crippen LogP contribution in [0.4, 0.5) is 5.82 Å². The Labute approximate surface area is 160 Å². The Kier molecular flexibility index (Phi) is 4.83. The van der Waals surface area contributed by atoms with Crippen LogP contribution in [0.25, 0.3) is 11.0 Å². The SMILES string of the molecule is Cc1nc(NCCN2CCC(c3ccccc3C)C2)c2c(C)nn(C)c2n1. The van der Waals surface area contributed by atoms with Gasteiger partial charge in [-0.25, -0.2) is 9.97 Å². The first-order valence-electron chi connectivity index (χ1n) is 9.72. The molecule has 3 heterocycles. The van der Waals surface area contributed by atoms with Crippen LogP contribution in [0.1, 0.15) is 35.0 Å². The van der Waals surface area contributed by atoms with Gasteiger partial charge in [-0.2, -0.15) is 5.10 Å². The van der Waals surface area contributed by atoms with E-state index in [-0.39, 0.29) is 0 Å². The van der Waals surface area contributed by atoms with Gasteiger partial charge in [0, 0.05) is 26.7 Å². The van der Waals surface area contributed by atoms with Crippen molar-refractivity contribution in [1.82, 2.24) is 24.6 Å². The largest absolute Gasteiger partial charge is 0.368 e. The number of benzene rings is 1. The third-order valence-corrected chi connectivity index (χ3v) is 5.59. The predicted octanol–water partition coefficient (Wildman–Crippen LogP) is 3.19. The molecule has 6 heteroatoms. The van der Waals surface area contributed by atoms with Gasteiger partial charge >= 0.3 is 0 Å². The molecule has 0 spiro atoms. The van der Waals surface area contributed by atoms with Gasteiger partial charge < -0.3 is 10.2 Å². The van der Waals surface area contributed by atoms with Crippen LogP contribution in [0.3, 0.4) is 0 Å². The molecule has 142 valence electrons. The summed E-state index contributed by atoms with van der Waals surface area (Å²) in [5.74, 6) is 2.33. The van der Waals surface area contributed by atoms with Crippen LogP contribution in [-0.2, 0) is 7.05 Å². The standard InChI is InChI=1S/C21H28N6/c1-14-7-5-6-8-18(14)17-9-11-27(13-17)12-10-22-20-19-15(2)25-26(4)21(19)24-16(3)23-20/h5-8,17H,9-13H2,1-4H3,(H,22,23,24). The molecule has 6 nitrogen and oxygen atoms in total. The minimum absolute atomic E-state index is 0.653. The lowest BCUT2D eigenvalue weighted by Gasteiger charge is -2.18. The fourth-order valence-corrected chi connectivity index (χ4v) is 4.24. The number of rotatable bonds is 5. The van der Waals surface area contributed by atoms with Gasteiger partial charge in [-0.1, -0.05) is 24.3 Å². The van der Waals surface area contributed by atoms with E-state index in [1.165, 1.54) is 17.5 Å². The van der Waals surface area contributed by atoms with E-state index >= 15 is 0 Å². The van der Waals surface area contributed by atoms with Crippen molar-refractivity contribution in [3.05, 3.63) is 46.9 Å². The van der Waals surface area contributed by atoms with Gasteiger partial charge in [-0.15, -0.1) is 0 Å². The van der Waals surface area contributed by atoms with Crippen molar-refractivity contribution >= 4 is 16.9 Å². The molecule has 1 saturated heterocycles. The molecule has 1 atom stereocenters. The van der Waals surface area contributed by atoms with Crippen LogP contribution < -0.4 is 5.32 Å². The van der Waals surface area contributed by atoms with Gasteiger partial charge in [-0.05, 0) is 50.8 Å². The lowest BCUT2D eigenvalue weighted by atomic mass is 9.94. The quantitative estimate of drug-likeness (QED) is 0.753. The molecule has 1 aliphatic rings. The first-order valence-corrected chi connectivity index (χ1v) is 9.72. The first kappa shape index (κ1) is 17.9. The highest BCUT2D eigenvalue weighted by Crippen LogP contribution is 2.29. The van der Waals surface area contributed by atoms with E-state index in [1.54, 1.807) is 0 Å². The van der Waals surface area contributed by atoms with Gasteiger partial charge in [0.15, 0.2) is 5.65 Å². The summed E-state index contributed by atoms with van der Waals surface area (Å²) in [6, 6.07) is 8.79. The van der Waals surface area contributed by atoms with Crippen LogP contribution in [0.2, 0.25) is 0 Å². The molecule has 1 N–H and O–H groups in total. The number of aryl methyl sites for hydroxylation is 4. The Bertz CT molecular complexity index is 961. The van der Waals surface area contributed by atoms with Crippen molar-refractivity contribution in [2.45, 2.75) is 33.1 Å². The summed E-state index contributed by atoms with van der Waals surface area (Å²) in [5, 5.41) is 9.05. The number of hydrogen-bond acceptors (Lipinski definition) is 5. The van der Waals surface area contributed by atoms with Crippen molar-refractivity contribution in [2.75, 3.05) is 31.5 Å². The highest BCUT2D eigenvalue weighted by molar-refractivity contribution is 5.89. The Morgan fingerprint density at radius 1 is 1.15 bits per heavy atom. The second-order valence-electron chi connectivity index (χ2n) is 7.60. The molecule has 1 aliphatic heterocycles. The number of aromatic nitrogens is 4. The molecule has 2 aromatic heterocycles. The lowest BCUT2D eigenvalue weighted by molar-refractivity contribution is 0.347. The normalized spacial score (nSPS) is 17.7. The molecule has 0 aliphatic carbocycles. The van der Waals surface area contributed by atoms with Gasteiger partial charge in [0.2, 0.25) is 0 Å². The summed E-state index contributed by atoms with van der Waals surface area (Å²) < 4.78 is 1.83. The van der Waals surface area contributed by atoms with Crippen molar-refractivity contribution < 1.29 is 0 Å². The molecule has 27 heavy (non-hydrogen) atoms.